The second kappa shape index (κ2) is 7.83. The fourth-order valence-corrected chi connectivity index (χ4v) is 3.09. The van der Waals surface area contributed by atoms with Gasteiger partial charge in [-0.15, -0.1) is 0 Å². The number of hydrogen-bond donors (Lipinski definition) is 2. The summed E-state index contributed by atoms with van der Waals surface area (Å²) in [7, 11) is 1.74. The number of aryl methyl sites for hydroxylation is 1. The van der Waals surface area contributed by atoms with Crippen LogP contribution in [0.5, 0.6) is 0 Å². The summed E-state index contributed by atoms with van der Waals surface area (Å²) in [6.45, 7) is 3.15. The molecule has 0 atom stereocenters. The second-order valence-corrected chi connectivity index (χ2v) is 6.03. The van der Waals surface area contributed by atoms with Crippen molar-refractivity contribution in [2.24, 2.45) is 4.99 Å². The van der Waals surface area contributed by atoms with Crippen molar-refractivity contribution in [2.75, 3.05) is 30.4 Å². The molecule has 1 aliphatic rings. The number of hydrogen-bond acceptors (Lipinski definition) is 2. The van der Waals surface area contributed by atoms with E-state index in [2.05, 4.69) is 51.7 Å². The van der Waals surface area contributed by atoms with Crippen LogP contribution in [-0.2, 0) is 17.6 Å². The molecule has 0 radical (unpaired) electrons. The van der Waals surface area contributed by atoms with Gasteiger partial charge < -0.3 is 15.5 Å². The summed E-state index contributed by atoms with van der Waals surface area (Å²) in [6, 6.07) is 16.2. The number of benzene rings is 2. The molecule has 0 spiro atoms. The molecule has 0 aliphatic carbocycles. The lowest BCUT2D eigenvalue weighted by atomic mass is 10.1. The number of para-hydroxylation sites is 1. The number of nitrogens with one attached hydrogen (secondary N) is 2. The lowest BCUT2D eigenvalue weighted by Crippen LogP contribution is -2.43. The zero-order valence-electron chi connectivity index (χ0n) is 14.7. The number of anilines is 2. The van der Waals surface area contributed by atoms with Crippen molar-refractivity contribution in [3.05, 3.63) is 59.7 Å². The Morgan fingerprint density at radius 2 is 2.04 bits per heavy atom. The minimum absolute atomic E-state index is 0.0816. The number of nitrogens with zero attached hydrogens (tertiary/aromatic N) is 2. The standard InChI is InChI=1S/C20H24N4O/c1-3-15-7-6-9-17(13-15)23-19(25)14-22-20(21-2)24-12-11-16-8-4-5-10-18(16)24/h4-10,13H,3,11-12,14H2,1-2H3,(H,21,22)(H,23,25). The van der Waals surface area contributed by atoms with Gasteiger partial charge in [0, 0.05) is 25.0 Å². The fourth-order valence-electron chi connectivity index (χ4n) is 3.09. The maximum atomic E-state index is 12.2. The van der Waals surface area contributed by atoms with Crippen LogP contribution >= 0.6 is 0 Å². The van der Waals surface area contributed by atoms with Crippen molar-refractivity contribution in [1.82, 2.24) is 5.32 Å². The average Bonchev–Trinajstić information content (AvgIpc) is 3.06. The molecule has 2 aromatic rings. The highest BCUT2D eigenvalue weighted by Crippen LogP contribution is 2.27. The quantitative estimate of drug-likeness (QED) is 0.667. The smallest absolute Gasteiger partial charge is 0.243 e. The normalized spacial score (nSPS) is 13.5. The van der Waals surface area contributed by atoms with Gasteiger partial charge >= 0.3 is 0 Å². The molecule has 1 heterocycles. The molecular formula is C20H24N4O. The van der Waals surface area contributed by atoms with Gasteiger partial charge in [-0.1, -0.05) is 37.3 Å². The van der Waals surface area contributed by atoms with E-state index in [0.717, 1.165) is 36.7 Å². The van der Waals surface area contributed by atoms with Crippen molar-refractivity contribution in [3.8, 4) is 0 Å². The number of guanidine groups is 1. The first-order chi connectivity index (χ1) is 12.2. The molecule has 0 saturated carbocycles. The Morgan fingerprint density at radius 3 is 2.84 bits per heavy atom. The van der Waals surface area contributed by atoms with Crippen molar-refractivity contribution in [2.45, 2.75) is 19.8 Å². The van der Waals surface area contributed by atoms with E-state index in [1.807, 2.05) is 24.3 Å². The molecule has 1 aliphatic heterocycles. The van der Waals surface area contributed by atoms with Gasteiger partial charge in [-0.05, 0) is 42.2 Å². The number of amides is 1. The summed E-state index contributed by atoms with van der Waals surface area (Å²) < 4.78 is 0. The van der Waals surface area contributed by atoms with Crippen LogP contribution in [0.15, 0.2) is 53.5 Å². The molecule has 0 aromatic heterocycles. The zero-order chi connectivity index (χ0) is 17.6. The maximum Gasteiger partial charge on any atom is 0.243 e. The molecule has 2 aromatic carbocycles. The van der Waals surface area contributed by atoms with Crippen molar-refractivity contribution >= 4 is 23.2 Å². The molecule has 2 N–H and O–H groups in total. The molecule has 25 heavy (non-hydrogen) atoms. The first-order valence-corrected chi connectivity index (χ1v) is 8.66. The Kier molecular flexibility index (Phi) is 5.33. The van der Waals surface area contributed by atoms with Crippen LogP contribution in [0.4, 0.5) is 11.4 Å². The van der Waals surface area contributed by atoms with E-state index in [-0.39, 0.29) is 12.5 Å². The monoisotopic (exact) mass is 336 g/mol. The lowest BCUT2D eigenvalue weighted by Gasteiger charge is -2.22. The van der Waals surface area contributed by atoms with E-state index in [1.165, 1.54) is 11.1 Å². The zero-order valence-corrected chi connectivity index (χ0v) is 14.7. The molecule has 5 heteroatoms. The van der Waals surface area contributed by atoms with Crippen LogP contribution in [0.1, 0.15) is 18.1 Å². The minimum Gasteiger partial charge on any atom is -0.347 e. The Balaban J connectivity index is 1.59. The third-order valence-electron chi connectivity index (χ3n) is 4.38. The van der Waals surface area contributed by atoms with E-state index in [0.29, 0.717) is 0 Å². The van der Waals surface area contributed by atoms with Gasteiger partial charge in [0.2, 0.25) is 5.91 Å². The van der Waals surface area contributed by atoms with Crippen LogP contribution in [0.25, 0.3) is 0 Å². The third-order valence-corrected chi connectivity index (χ3v) is 4.38. The predicted molar refractivity (Wildman–Crippen MR) is 103 cm³/mol. The maximum absolute atomic E-state index is 12.2. The largest absolute Gasteiger partial charge is 0.347 e. The highest BCUT2D eigenvalue weighted by Gasteiger charge is 2.22. The first kappa shape index (κ1) is 17.0. The van der Waals surface area contributed by atoms with Gasteiger partial charge in [0.05, 0.1) is 6.54 Å². The molecule has 0 fully saturated rings. The van der Waals surface area contributed by atoms with Gasteiger partial charge in [-0.3, -0.25) is 9.79 Å². The van der Waals surface area contributed by atoms with Crippen molar-refractivity contribution in [1.29, 1.82) is 0 Å². The summed E-state index contributed by atoms with van der Waals surface area (Å²) in [5.74, 6) is 0.643. The van der Waals surface area contributed by atoms with Gasteiger partial charge in [-0.2, -0.15) is 0 Å². The van der Waals surface area contributed by atoms with Crippen LogP contribution in [0.2, 0.25) is 0 Å². The highest BCUT2D eigenvalue weighted by molar-refractivity contribution is 6.01. The van der Waals surface area contributed by atoms with E-state index in [4.69, 9.17) is 0 Å². The molecule has 0 saturated heterocycles. The predicted octanol–water partition coefficient (Wildman–Crippen LogP) is 2.83. The van der Waals surface area contributed by atoms with Gasteiger partial charge in [0.15, 0.2) is 5.96 Å². The van der Waals surface area contributed by atoms with Crippen LogP contribution in [0.3, 0.4) is 0 Å². The van der Waals surface area contributed by atoms with Crippen LogP contribution in [-0.4, -0.2) is 32.0 Å². The van der Waals surface area contributed by atoms with Gasteiger partial charge in [-0.25, -0.2) is 0 Å². The molecule has 0 bridgehead atoms. The molecule has 3 rings (SSSR count). The summed E-state index contributed by atoms with van der Waals surface area (Å²) in [5.41, 5.74) is 4.50. The Hall–Kier alpha value is -2.82. The first-order valence-electron chi connectivity index (χ1n) is 8.66. The van der Waals surface area contributed by atoms with E-state index < -0.39 is 0 Å². The van der Waals surface area contributed by atoms with Crippen molar-refractivity contribution < 1.29 is 4.79 Å². The summed E-state index contributed by atoms with van der Waals surface area (Å²) in [4.78, 5) is 18.7. The van der Waals surface area contributed by atoms with Crippen molar-refractivity contribution in [3.63, 3.8) is 0 Å². The fraction of sp³-hybridized carbons (Fsp3) is 0.300. The summed E-state index contributed by atoms with van der Waals surface area (Å²) in [5, 5.41) is 6.10. The summed E-state index contributed by atoms with van der Waals surface area (Å²) in [6.07, 6.45) is 1.94. The number of aliphatic imine (C=N–C) groups is 1. The number of carbonyl (C=O) groups is 1. The Bertz CT molecular complexity index is 785. The Morgan fingerprint density at radius 1 is 1.20 bits per heavy atom. The summed E-state index contributed by atoms with van der Waals surface area (Å²) >= 11 is 0. The average molecular weight is 336 g/mol. The van der Waals surface area contributed by atoms with Crippen LogP contribution in [0, 0.1) is 0 Å². The topological polar surface area (TPSA) is 56.7 Å². The van der Waals surface area contributed by atoms with Gasteiger partial charge in [0.1, 0.15) is 0 Å². The van der Waals surface area contributed by atoms with Gasteiger partial charge in [0.25, 0.3) is 0 Å². The van der Waals surface area contributed by atoms with E-state index in [1.54, 1.807) is 7.05 Å². The third kappa shape index (κ3) is 3.99. The van der Waals surface area contributed by atoms with E-state index >= 15 is 0 Å². The van der Waals surface area contributed by atoms with Crippen LogP contribution < -0.4 is 15.5 Å². The Labute approximate surface area is 148 Å². The molecule has 0 unspecified atom stereocenters. The SMILES string of the molecule is CCc1cccc(NC(=O)CNC(=NC)N2CCc3ccccc32)c1. The minimum atomic E-state index is -0.0816. The molecular weight excluding hydrogens is 312 g/mol. The molecule has 5 nitrogen and oxygen atoms in total. The molecule has 130 valence electrons. The number of carbonyl (C=O) groups excluding carboxylic acids is 1. The van der Waals surface area contributed by atoms with E-state index in [9.17, 15) is 4.79 Å². The molecule has 1 amide bonds. The lowest BCUT2D eigenvalue weighted by molar-refractivity contribution is -0.115. The number of rotatable bonds is 4. The second-order valence-electron chi connectivity index (χ2n) is 6.03. The number of fused-ring (bicyclic) bond motifs is 1. The highest BCUT2D eigenvalue weighted by atomic mass is 16.1.